The van der Waals surface area contributed by atoms with E-state index in [1.54, 1.807) is 6.92 Å². The number of ether oxygens (including phenoxy) is 1. The molecule has 0 aliphatic carbocycles. The van der Waals surface area contributed by atoms with Gasteiger partial charge >= 0.3 is 12.1 Å². The van der Waals surface area contributed by atoms with Crippen LogP contribution in [0.3, 0.4) is 0 Å². The van der Waals surface area contributed by atoms with Crippen LogP contribution in [0.2, 0.25) is 0 Å². The van der Waals surface area contributed by atoms with Gasteiger partial charge in [0.05, 0.1) is 12.6 Å². The van der Waals surface area contributed by atoms with Gasteiger partial charge in [0.2, 0.25) is 5.91 Å². The quantitative estimate of drug-likeness (QED) is 0.759. The van der Waals surface area contributed by atoms with Crippen molar-refractivity contribution in [1.29, 1.82) is 0 Å². The second-order valence-corrected chi connectivity index (χ2v) is 4.54. The molecule has 6 nitrogen and oxygen atoms in total. The molecule has 0 N–H and O–H groups in total. The lowest BCUT2D eigenvalue weighted by Crippen LogP contribution is -2.45. The van der Waals surface area contributed by atoms with Gasteiger partial charge in [-0.1, -0.05) is 0 Å². The molecule has 0 spiro atoms. The zero-order chi connectivity index (χ0) is 15.5. The summed E-state index contributed by atoms with van der Waals surface area (Å²) in [7, 11) is 2.94. The van der Waals surface area contributed by atoms with Crippen LogP contribution in [-0.2, 0) is 19.2 Å². The predicted octanol–water partition coefficient (Wildman–Crippen LogP) is 0.574. The highest BCUT2D eigenvalue weighted by molar-refractivity contribution is 5.82. The van der Waals surface area contributed by atoms with Gasteiger partial charge in [-0.15, -0.1) is 5.06 Å². The van der Waals surface area contributed by atoms with E-state index in [-0.39, 0.29) is 13.0 Å². The Morgan fingerprint density at radius 2 is 1.95 bits per heavy atom. The molecule has 1 saturated heterocycles. The van der Waals surface area contributed by atoms with Crippen LogP contribution < -0.4 is 0 Å². The summed E-state index contributed by atoms with van der Waals surface area (Å²) in [6, 6.07) is -0.965. The van der Waals surface area contributed by atoms with Crippen molar-refractivity contribution in [2.24, 2.45) is 0 Å². The van der Waals surface area contributed by atoms with Crippen LogP contribution in [-0.4, -0.2) is 67.4 Å². The first-order valence-corrected chi connectivity index (χ1v) is 6.05. The monoisotopic (exact) mass is 298 g/mol. The summed E-state index contributed by atoms with van der Waals surface area (Å²) in [5.74, 6) is -2.78. The molecule has 1 rings (SSSR count). The molecule has 1 aliphatic rings. The van der Waals surface area contributed by atoms with Gasteiger partial charge < -0.3 is 14.5 Å². The van der Waals surface area contributed by atoms with E-state index in [0.717, 1.165) is 5.06 Å². The molecule has 116 valence electrons. The summed E-state index contributed by atoms with van der Waals surface area (Å²) < 4.78 is 41.9. The van der Waals surface area contributed by atoms with Crippen LogP contribution in [0.5, 0.6) is 0 Å². The molecule has 9 heteroatoms. The van der Waals surface area contributed by atoms with E-state index < -0.39 is 30.2 Å². The number of likely N-dealkylation sites (N-methyl/N-ethyl adjacent to an activating group) is 1. The smallest absolute Gasteiger partial charge is 0.377 e. The average Bonchev–Trinajstić information content (AvgIpc) is 2.70. The van der Waals surface area contributed by atoms with Crippen molar-refractivity contribution in [2.75, 3.05) is 27.2 Å². The maximum Gasteiger partial charge on any atom is 0.492 e. The maximum absolute atomic E-state index is 12.2. The van der Waals surface area contributed by atoms with Gasteiger partial charge in [-0.3, -0.25) is 4.79 Å². The van der Waals surface area contributed by atoms with E-state index in [0.29, 0.717) is 6.61 Å². The van der Waals surface area contributed by atoms with Crippen molar-refractivity contribution in [3.05, 3.63) is 0 Å². The fourth-order valence-electron chi connectivity index (χ4n) is 1.91. The van der Waals surface area contributed by atoms with Gasteiger partial charge in [-0.25, -0.2) is 4.79 Å². The van der Waals surface area contributed by atoms with E-state index >= 15 is 0 Å². The third-order valence-electron chi connectivity index (χ3n) is 2.78. The molecule has 1 amide bonds. The molecule has 0 saturated carbocycles. The minimum Gasteiger partial charge on any atom is -0.377 e. The second kappa shape index (κ2) is 6.40. The number of nitrogens with zero attached hydrogens (tertiary/aromatic N) is 2. The number of hydrogen-bond acceptors (Lipinski definition) is 5. The lowest BCUT2D eigenvalue weighted by atomic mass is 10.2. The minimum atomic E-state index is -5.10. The predicted molar refractivity (Wildman–Crippen MR) is 61.4 cm³/mol. The van der Waals surface area contributed by atoms with E-state index in [1.165, 1.54) is 19.0 Å². The highest BCUT2D eigenvalue weighted by Crippen LogP contribution is 2.25. The fraction of sp³-hybridized carbons (Fsp3) is 0.818. The number of carbonyl (C=O) groups is 2. The summed E-state index contributed by atoms with van der Waals surface area (Å²) in [6.07, 6.45) is -5.37. The minimum absolute atomic E-state index is 0.0695. The number of carbonyl (C=O) groups excluding carboxylic acids is 2. The first kappa shape index (κ1) is 16.7. The molecule has 0 aromatic heterocycles. The summed E-state index contributed by atoms with van der Waals surface area (Å²) in [5.41, 5.74) is 0. The Balaban J connectivity index is 2.78. The Morgan fingerprint density at radius 1 is 1.35 bits per heavy atom. The van der Waals surface area contributed by atoms with Crippen molar-refractivity contribution in [2.45, 2.75) is 31.7 Å². The molecule has 2 atom stereocenters. The summed E-state index contributed by atoms with van der Waals surface area (Å²) in [5, 5.41) is 0.748. The van der Waals surface area contributed by atoms with Crippen LogP contribution in [0.25, 0.3) is 0 Å². The van der Waals surface area contributed by atoms with Gasteiger partial charge in [0.25, 0.3) is 0 Å². The van der Waals surface area contributed by atoms with Crippen LogP contribution in [0.15, 0.2) is 0 Å². The molecule has 0 aromatic carbocycles. The maximum atomic E-state index is 12.2. The highest BCUT2D eigenvalue weighted by Gasteiger charge is 2.47. The Bertz CT molecular complexity index is 373. The average molecular weight is 298 g/mol. The molecule has 1 fully saturated rings. The molecule has 0 aromatic rings. The standard InChI is InChI=1S/C11H17F3N2O4/c1-4-19-7-5-8(9(17)15(2)3)16(6-7)20-10(18)11(12,13)14/h7-8H,4-6H2,1-3H3/t7-,8+/m1/s1. The van der Waals surface area contributed by atoms with Gasteiger partial charge in [0, 0.05) is 27.1 Å². The highest BCUT2D eigenvalue weighted by atomic mass is 19.4. The largest absolute Gasteiger partial charge is 0.492 e. The Hall–Kier alpha value is -1.35. The lowest BCUT2D eigenvalue weighted by Gasteiger charge is -2.24. The number of amides is 1. The van der Waals surface area contributed by atoms with E-state index in [4.69, 9.17) is 4.74 Å². The van der Waals surface area contributed by atoms with Gasteiger partial charge in [0.15, 0.2) is 0 Å². The SMILES string of the molecule is CCO[C@@H]1C[C@@H](C(=O)N(C)C)N(OC(=O)C(F)(F)F)C1. The fourth-order valence-corrected chi connectivity index (χ4v) is 1.91. The summed E-state index contributed by atoms with van der Waals surface area (Å²) in [4.78, 5) is 28.3. The molecule has 1 aliphatic heterocycles. The van der Waals surface area contributed by atoms with Gasteiger partial charge in [-0.2, -0.15) is 13.2 Å². The Morgan fingerprint density at radius 3 is 2.40 bits per heavy atom. The van der Waals surface area contributed by atoms with E-state index in [2.05, 4.69) is 4.84 Å². The molecular formula is C11H17F3N2O4. The number of hydroxylamine groups is 2. The van der Waals surface area contributed by atoms with Gasteiger partial charge in [0.1, 0.15) is 6.04 Å². The van der Waals surface area contributed by atoms with Crippen molar-refractivity contribution >= 4 is 11.9 Å². The topological polar surface area (TPSA) is 59.1 Å². The lowest BCUT2D eigenvalue weighted by molar-refractivity contribution is -0.242. The normalized spacial score (nSPS) is 23.7. The van der Waals surface area contributed by atoms with Crippen molar-refractivity contribution in [3.8, 4) is 0 Å². The van der Waals surface area contributed by atoms with Crippen LogP contribution >= 0.6 is 0 Å². The number of hydrogen-bond donors (Lipinski definition) is 0. The molecule has 20 heavy (non-hydrogen) atoms. The molecule has 0 bridgehead atoms. The van der Waals surface area contributed by atoms with Gasteiger partial charge in [-0.05, 0) is 6.92 Å². The van der Waals surface area contributed by atoms with Crippen LogP contribution in [0.1, 0.15) is 13.3 Å². The summed E-state index contributed by atoms with van der Waals surface area (Å²) >= 11 is 0. The first-order valence-electron chi connectivity index (χ1n) is 6.05. The van der Waals surface area contributed by atoms with Crippen molar-refractivity contribution < 1.29 is 32.3 Å². The van der Waals surface area contributed by atoms with Crippen LogP contribution in [0.4, 0.5) is 13.2 Å². The number of alkyl halides is 3. The Kier molecular flexibility index (Phi) is 5.35. The first-order chi connectivity index (χ1) is 9.16. The zero-order valence-electron chi connectivity index (χ0n) is 11.4. The molecule has 0 radical (unpaired) electrons. The van der Waals surface area contributed by atoms with E-state index in [1.807, 2.05) is 0 Å². The molecular weight excluding hydrogens is 281 g/mol. The van der Waals surface area contributed by atoms with E-state index in [9.17, 15) is 22.8 Å². The summed E-state index contributed by atoms with van der Waals surface area (Å²) in [6.45, 7) is 2.02. The number of halogens is 3. The third-order valence-corrected chi connectivity index (χ3v) is 2.78. The third kappa shape index (κ3) is 4.07. The Labute approximate surface area is 114 Å². The van der Waals surface area contributed by atoms with Crippen LogP contribution in [0, 0.1) is 0 Å². The number of rotatable bonds is 4. The molecule has 1 heterocycles. The van der Waals surface area contributed by atoms with Crippen molar-refractivity contribution in [1.82, 2.24) is 9.96 Å². The van der Waals surface area contributed by atoms with Crippen molar-refractivity contribution in [3.63, 3.8) is 0 Å². The molecule has 0 unspecified atom stereocenters. The second-order valence-electron chi connectivity index (χ2n) is 4.54. The zero-order valence-corrected chi connectivity index (χ0v) is 11.4.